The zero-order valence-corrected chi connectivity index (χ0v) is 24.1. The number of benzene rings is 3. The molecule has 0 aromatic heterocycles. The highest BCUT2D eigenvalue weighted by atomic mass is 32.2. The predicted molar refractivity (Wildman–Crippen MR) is 151 cm³/mol. The van der Waals surface area contributed by atoms with Gasteiger partial charge in [-0.3, -0.25) is 4.31 Å². The number of nitrogens with zero attached hydrogens (tertiary/aromatic N) is 1. The lowest BCUT2D eigenvalue weighted by atomic mass is 9.89. The molecular weight excluding hydrogens is 529 g/mol. The van der Waals surface area contributed by atoms with Crippen molar-refractivity contribution in [2.24, 2.45) is 0 Å². The Labute approximate surface area is 228 Å². The van der Waals surface area contributed by atoms with Crippen LogP contribution in [0.15, 0.2) is 42.0 Å². The topological polar surface area (TPSA) is 67.9 Å². The molecule has 0 bridgehead atoms. The molecule has 0 spiro atoms. The zero-order valence-electron chi connectivity index (χ0n) is 23.3. The second-order valence-corrected chi connectivity index (χ2v) is 11.5. The van der Waals surface area contributed by atoms with Gasteiger partial charge in [0.1, 0.15) is 23.0 Å². The number of nitrogens with one attached hydrogen (secondary N) is 1. The standard InChI is InChI=1S/C29H33F3N2O4S/c1-16(2)11-12-33-24-10-9-19(13-21(24)30)25-17(3)29(38-7)26(18(4)28(25)37-6)20-14-22(31)27(23(32)15-20)34(5)39(8,35)36/h9-11,13-15,33H,12H2,1-8H3. The van der Waals surface area contributed by atoms with E-state index in [1.165, 1.54) is 20.3 Å². The summed E-state index contributed by atoms with van der Waals surface area (Å²) in [5, 5.41) is 3.04. The van der Waals surface area contributed by atoms with Gasteiger partial charge in [-0.2, -0.15) is 0 Å². The summed E-state index contributed by atoms with van der Waals surface area (Å²) < 4.78 is 81.0. The molecule has 6 nitrogen and oxygen atoms in total. The maximum atomic E-state index is 15.1. The van der Waals surface area contributed by atoms with Crippen LogP contribution in [0, 0.1) is 31.3 Å². The molecule has 1 N–H and O–H groups in total. The van der Waals surface area contributed by atoms with Gasteiger partial charge in [0.2, 0.25) is 10.0 Å². The lowest BCUT2D eigenvalue weighted by Crippen LogP contribution is -2.26. The Morgan fingerprint density at radius 2 is 1.38 bits per heavy atom. The summed E-state index contributed by atoms with van der Waals surface area (Å²) in [7, 11) is 0.0613. The van der Waals surface area contributed by atoms with Gasteiger partial charge in [0.15, 0.2) is 11.6 Å². The Balaban J connectivity index is 2.21. The Morgan fingerprint density at radius 3 is 1.82 bits per heavy atom. The van der Waals surface area contributed by atoms with Crippen molar-refractivity contribution < 1.29 is 31.1 Å². The SMILES string of the molecule is COc1c(C)c(-c2cc(F)c(N(C)S(C)(=O)=O)c(F)c2)c(OC)c(C)c1-c1ccc(NCC=C(C)C)c(F)c1. The monoisotopic (exact) mass is 562 g/mol. The largest absolute Gasteiger partial charge is 0.496 e. The second kappa shape index (κ2) is 11.6. The fraction of sp³-hybridized carbons (Fsp3) is 0.310. The normalized spacial score (nSPS) is 11.3. The van der Waals surface area contributed by atoms with Crippen LogP contribution in [-0.4, -0.2) is 42.5 Å². The highest BCUT2D eigenvalue weighted by molar-refractivity contribution is 7.92. The Kier molecular flexibility index (Phi) is 8.90. The molecule has 3 aromatic carbocycles. The molecule has 0 aliphatic rings. The summed E-state index contributed by atoms with van der Waals surface area (Å²) in [6, 6.07) is 6.89. The third-order valence-corrected chi connectivity index (χ3v) is 7.65. The van der Waals surface area contributed by atoms with Gasteiger partial charge in [-0.25, -0.2) is 21.6 Å². The zero-order chi connectivity index (χ0) is 29.2. The predicted octanol–water partition coefficient (Wildman–Crippen LogP) is 6.85. The van der Waals surface area contributed by atoms with Gasteiger partial charge in [0.05, 0.1) is 26.2 Å². The van der Waals surface area contributed by atoms with Crippen molar-refractivity contribution in [2.75, 3.05) is 43.7 Å². The van der Waals surface area contributed by atoms with Crippen LogP contribution in [0.5, 0.6) is 11.5 Å². The van der Waals surface area contributed by atoms with Crippen LogP contribution in [0.1, 0.15) is 25.0 Å². The molecule has 0 aliphatic carbocycles. The van der Waals surface area contributed by atoms with Crippen molar-refractivity contribution in [2.45, 2.75) is 27.7 Å². The van der Waals surface area contributed by atoms with Gasteiger partial charge < -0.3 is 14.8 Å². The first kappa shape index (κ1) is 29.9. The van der Waals surface area contributed by atoms with Crippen LogP contribution in [0.25, 0.3) is 22.3 Å². The summed E-state index contributed by atoms with van der Waals surface area (Å²) in [5.41, 5.74) is 3.43. The Hall–Kier alpha value is -3.66. The molecular formula is C29H33F3N2O4S. The van der Waals surface area contributed by atoms with Crippen LogP contribution in [0.2, 0.25) is 0 Å². The molecule has 3 rings (SSSR count). The Bertz CT molecular complexity index is 1530. The number of ether oxygens (including phenoxy) is 2. The summed E-state index contributed by atoms with van der Waals surface area (Å²) in [5.74, 6) is -1.87. The van der Waals surface area contributed by atoms with Crippen molar-refractivity contribution in [1.82, 2.24) is 0 Å². The average Bonchev–Trinajstić information content (AvgIpc) is 2.84. The van der Waals surface area contributed by atoms with Gasteiger partial charge in [-0.05, 0) is 63.1 Å². The van der Waals surface area contributed by atoms with Gasteiger partial charge in [-0.1, -0.05) is 17.7 Å². The number of hydrogen-bond donors (Lipinski definition) is 1. The smallest absolute Gasteiger partial charge is 0.232 e. The molecule has 39 heavy (non-hydrogen) atoms. The molecule has 0 saturated heterocycles. The van der Waals surface area contributed by atoms with Gasteiger partial charge in [0, 0.05) is 35.8 Å². The van der Waals surface area contributed by atoms with Crippen LogP contribution < -0.4 is 19.1 Å². The van der Waals surface area contributed by atoms with Crippen molar-refractivity contribution in [3.05, 3.63) is 70.6 Å². The van der Waals surface area contributed by atoms with E-state index in [0.717, 1.165) is 31.0 Å². The average molecular weight is 563 g/mol. The molecule has 0 fully saturated rings. The number of allylic oxidation sites excluding steroid dienone is 1. The third-order valence-electron chi connectivity index (χ3n) is 6.47. The van der Waals surface area contributed by atoms with E-state index in [9.17, 15) is 8.42 Å². The van der Waals surface area contributed by atoms with Crippen LogP contribution >= 0.6 is 0 Å². The van der Waals surface area contributed by atoms with Gasteiger partial charge in [0.25, 0.3) is 0 Å². The maximum absolute atomic E-state index is 15.1. The minimum absolute atomic E-state index is 0.128. The van der Waals surface area contributed by atoms with Crippen LogP contribution in [0.3, 0.4) is 0 Å². The van der Waals surface area contributed by atoms with Crippen molar-refractivity contribution in [3.8, 4) is 33.8 Å². The fourth-order valence-electron chi connectivity index (χ4n) is 4.50. The van der Waals surface area contributed by atoms with E-state index in [2.05, 4.69) is 5.32 Å². The van der Waals surface area contributed by atoms with E-state index >= 15 is 13.2 Å². The lowest BCUT2D eigenvalue weighted by Gasteiger charge is -2.24. The van der Waals surface area contributed by atoms with Crippen molar-refractivity contribution >= 4 is 21.4 Å². The molecule has 0 radical (unpaired) electrons. The van der Waals surface area contributed by atoms with Crippen LogP contribution in [0.4, 0.5) is 24.5 Å². The summed E-state index contributed by atoms with van der Waals surface area (Å²) in [6.07, 6.45) is 2.80. The van der Waals surface area contributed by atoms with Crippen molar-refractivity contribution in [3.63, 3.8) is 0 Å². The number of sulfonamides is 1. The van der Waals surface area contributed by atoms with E-state index < -0.39 is 33.2 Å². The third kappa shape index (κ3) is 6.00. The highest BCUT2D eigenvalue weighted by Gasteiger charge is 2.27. The number of anilines is 2. The minimum atomic E-state index is -3.90. The molecule has 0 aliphatic heterocycles. The van der Waals surface area contributed by atoms with E-state index in [1.54, 1.807) is 26.0 Å². The van der Waals surface area contributed by atoms with Crippen LogP contribution in [-0.2, 0) is 10.0 Å². The fourth-order valence-corrected chi connectivity index (χ4v) is 5.01. The second-order valence-electron chi connectivity index (χ2n) is 9.44. The summed E-state index contributed by atoms with van der Waals surface area (Å²) >= 11 is 0. The number of rotatable bonds is 9. The summed E-state index contributed by atoms with van der Waals surface area (Å²) in [4.78, 5) is 0. The maximum Gasteiger partial charge on any atom is 0.232 e. The van der Waals surface area contributed by atoms with Gasteiger partial charge >= 0.3 is 0 Å². The number of methoxy groups -OCH3 is 2. The summed E-state index contributed by atoms with van der Waals surface area (Å²) in [6.45, 7) is 7.85. The van der Waals surface area contributed by atoms with Crippen molar-refractivity contribution in [1.29, 1.82) is 0 Å². The highest BCUT2D eigenvalue weighted by Crippen LogP contribution is 2.49. The minimum Gasteiger partial charge on any atom is -0.496 e. The first-order valence-corrected chi connectivity index (χ1v) is 13.9. The lowest BCUT2D eigenvalue weighted by molar-refractivity contribution is 0.401. The first-order chi connectivity index (χ1) is 18.2. The molecule has 0 atom stereocenters. The molecule has 0 amide bonds. The van der Waals surface area contributed by atoms with E-state index in [1.807, 2.05) is 19.9 Å². The van der Waals surface area contributed by atoms with E-state index in [4.69, 9.17) is 9.47 Å². The van der Waals surface area contributed by atoms with E-state index in [0.29, 0.717) is 55.9 Å². The molecule has 210 valence electrons. The molecule has 0 unspecified atom stereocenters. The first-order valence-electron chi connectivity index (χ1n) is 12.1. The number of halogens is 3. The number of hydrogen-bond acceptors (Lipinski definition) is 5. The Morgan fingerprint density at radius 1 is 0.897 bits per heavy atom. The molecule has 10 heteroatoms. The molecule has 0 saturated carbocycles. The van der Waals surface area contributed by atoms with Gasteiger partial charge in [-0.15, -0.1) is 0 Å². The quantitative estimate of drug-likeness (QED) is 0.289. The molecule has 0 heterocycles. The molecule has 3 aromatic rings. The van der Waals surface area contributed by atoms with E-state index in [-0.39, 0.29) is 5.56 Å².